The molecule has 2 aromatic rings. The molecule has 0 atom stereocenters. The molecule has 18 heavy (non-hydrogen) atoms. The summed E-state index contributed by atoms with van der Waals surface area (Å²) < 4.78 is 1.69. The fourth-order valence-electron chi connectivity index (χ4n) is 1.52. The minimum atomic E-state index is -0.260. The lowest BCUT2D eigenvalue weighted by Crippen LogP contribution is -2.24. The average molecular weight is 284 g/mol. The van der Waals surface area contributed by atoms with E-state index in [4.69, 9.17) is 23.2 Å². The summed E-state index contributed by atoms with van der Waals surface area (Å²) in [4.78, 5) is 11.9. The summed E-state index contributed by atoms with van der Waals surface area (Å²) >= 11 is 11.8. The third-order valence-corrected chi connectivity index (χ3v) is 3.37. The van der Waals surface area contributed by atoms with Crippen molar-refractivity contribution >= 4 is 29.1 Å². The number of rotatable bonds is 3. The predicted molar refractivity (Wildman–Crippen MR) is 70.8 cm³/mol. The minimum absolute atomic E-state index is 0.260. The molecule has 2 rings (SSSR count). The van der Waals surface area contributed by atoms with Crippen LogP contribution >= 0.6 is 23.2 Å². The maximum Gasteiger partial charge on any atom is 0.253 e. The highest BCUT2D eigenvalue weighted by atomic mass is 35.5. The number of aromatic nitrogens is 2. The summed E-state index contributed by atoms with van der Waals surface area (Å²) in [7, 11) is 1.81. The van der Waals surface area contributed by atoms with Crippen LogP contribution in [0.4, 0.5) is 0 Å². The fraction of sp³-hybridized carbons (Fsp3) is 0.167. The molecule has 0 fully saturated rings. The standard InChI is InChI=1S/C12H11Cl2N3O/c1-17-8(5-6-16-17)7-15-12(18)9-3-2-4-10(13)11(9)14/h2-6H,7H2,1H3,(H,15,18). The molecular weight excluding hydrogens is 273 g/mol. The van der Waals surface area contributed by atoms with Crippen LogP contribution in [0.1, 0.15) is 16.1 Å². The van der Waals surface area contributed by atoms with Crippen molar-refractivity contribution in [1.29, 1.82) is 0 Å². The summed E-state index contributed by atoms with van der Waals surface area (Å²) in [5.74, 6) is -0.260. The zero-order chi connectivity index (χ0) is 13.1. The van der Waals surface area contributed by atoms with Gasteiger partial charge in [0.1, 0.15) is 0 Å². The van der Waals surface area contributed by atoms with Crippen LogP contribution in [0.15, 0.2) is 30.5 Å². The highest BCUT2D eigenvalue weighted by Crippen LogP contribution is 2.25. The van der Waals surface area contributed by atoms with Gasteiger partial charge in [0.25, 0.3) is 5.91 Å². The van der Waals surface area contributed by atoms with Gasteiger partial charge < -0.3 is 5.32 Å². The summed E-state index contributed by atoms with van der Waals surface area (Å²) in [5, 5.41) is 7.42. The van der Waals surface area contributed by atoms with Crippen molar-refractivity contribution in [2.45, 2.75) is 6.54 Å². The van der Waals surface area contributed by atoms with Gasteiger partial charge in [0.2, 0.25) is 0 Å². The molecule has 94 valence electrons. The molecule has 0 saturated heterocycles. The van der Waals surface area contributed by atoms with E-state index in [1.54, 1.807) is 29.1 Å². The number of carbonyl (C=O) groups excluding carboxylic acids is 1. The van der Waals surface area contributed by atoms with Crippen molar-refractivity contribution in [3.8, 4) is 0 Å². The summed E-state index contributed by atoms with van der Waals surface area (Å²) in [6, 6.07) is 6.79. The Bertz CT molecular complexity index is 580. The van der Waals surface area contributed by atoms with Gasteiger partial charge in [0.15, 0.2) is 0 Å². The molecular formula is C12H11Cl2N3O. The van der Waals surface area contributed by atoms with Gasteiger partial charge in [0, 0.05) is 13.2 Å². The molecule has 1 amide bonds. The Kier molecular flexibility index (Phi) is 3.89. The lowest BCUT2D eigenvalue weighted by molar-refractivity contribution is 0.0950. The third-order valence-electron chi connectivity index (χ3n) is 2.55. The van der Waals surface area contributed by atoms with E-state index in [1.807, 2.05) is 13.1 Å². The number of amides is 1. The maximum atomic E-state index is 11.9. The number of hydrogen-bond acceptors (Lipinski definition) is 2. The van der Waals surface area contributed by atoms with Crippen LogP contribution < -0.4 is 5.32 Å². The molecule has 0 spiro atoms. The van der Waals surface area contributed by atoms with Gasteiger partial charge in [-0.1, -0.05) is 29.3 Å². The predicted octanol–water partition coefficient (Wildman–Crippen LogP) is 2.66. The van der Waals surface area contributed by atoms with Crippen molar-refractivity contribution in [2.24, 2.45) is 7.05 Å². The van der Waals surface area contributed by atoms with Crippen LogP contribution in [0.2, 0.25) is 10.0 Å². The van der Waals surface area contributed by atoms with E-state index in [9.17, 15) is 4.79 Å². The average Bonchev–Trinajstić information content (AvgIpc) is 2.75. The minimum Gasteiger partial charge on any atom is -0.346 e. The Labute approximate surface area is 115 Å². The molecule has 0 aliphatic rings. The second-order valence-corrected chi connectivity index (χ2v) is 4.52. The van der Waals surface area contributed by atoms with Crippen LogP contribution in [0.25, 0.3) is 0 Å². The van der Waals surface area contributed by atoms with E-state index in [-0.39, 0.29) is 10.9 Å². The Morgan fingerprint density at radius 2 is 2.17 bits per heavy atom. The van der Waals surface area contributed by atoms with E-state index in [1.165, 1.54) is 0 Å². The summed E-state index contributed by atoms with van der Waals surface area (Å²) in [6.45, 7) is 0.387. The molecule has 0 radical (unpaired) electrons. The van der Waals surface area contributed by atoms with Crippen LogP contribution in [-0.4, -0.2) is 15.7 Å². The zero-order valence-electron chi connectivity index (χ0n) is 9.65. The number of hydrogen-bond donors (Lipinski definition) is 1. The number of nitrogens with zero attached hydrogens (tertiary/aromatic N) is 2. The Morgan fingerprint density at radius 1 is 1.39 bits per heavy atom. The molecule has 0 bridgehead atoms. The lowest BCUT2D eigenvalue weighted by atomic mass is 10.2. The lowest BCUT2D eigenvalue weighted by Gasteiger charge is -2.07. The maximum absolute atomic E-state index is 11.9. The van der Waals surface area contributed by atoms with Gasteiger partial charge in [-0.25, -0.2) is 0 Å². The van der Waals surface area contributed by atoms with Gasteiger partial charge in [-0.2, -0.15) is 5.10 Å². The van der Waals surface area contributed by atoms with Gasteiger partial charge in [-0.3, -0.25) is 9.48 Å². The first-order valence-electron chi connectivity index (χ1n) is 5.28. The van der Waals surface area contributed by atoms with Crippen LogP contribution in [0.5, 0.6) is 0 Å². The van der Waals surface area contributed by atoms with E-state index < -0.39 is 0 Å². The van der Waals surface area contributed by atoms with Crippen LogP contribution in [0, 0.1) is 0 Å². The van der Waals surface area contributed by atoms with Crippen molar-refractivity contribution in [3.05, 3.63) is 51.8 Å². The largest absolute Gasteiger partial charge is 0.346 e. The highest BCUT2D eigenvalue weighted by Gasteiger charge is 2.12. The van der Waals surface area contributed by atoms with Gasteiger partial charge in [-0.15, -0.1) is 0 Å². The number of benzene rings is 1. The van der Waals surface area contributed by atoms with E-state index in [0.29, 0.717) is 17.1 Å². The van der Waals surface area contributed by atoms with Crippen LogP contribution in [-0.2, 0) is 13.6 Å². The van der Waals surface area contributed by atoms with Crippen molar-refractivity contribution < 1.29 is 4.79 Å². The Morgan fingerprint density at radius 3 is 2.83 bits per heavy atom. The fourth-order valence-corrected chi connectivity index (χ4v) is 1.91. The Hall–Kier alpha value is -1.52. The van der Waals surface area contributed by atoms with Crippen molar-refractivity contribution in [1.82, 2.24) is 15.1 Å². The highest BCUT2D eigenvalue weighted by molar-refractivity contribution is 6.43. The first-order chi connectivity index (χ1) is 8.59. The second-order valence-electron chi connectivity index (χ2n) is 3.73. The topological polar surface area (TPSA) is 46.9 Å². The molecule has 1 N–H and O–H groups in total. The van der Waals surface area contributed by atoms with Gasteiger partial charge in [0.05, 0.1) is 27.8 Å². The molecule has 4 nitrogen and oxygen atoms in total. The van der Waals surface area contributed by atoms with Gasteiger partial charge in [-0.05, 0) is 18.2 Å². The molecule has 0 aliphatic carbocycles. The molecule has 6 heteroatoms. The Balaban J connectivity index is 2.09. The summed E-state index contributed by atoms with van der Waals surface area (Å²) in [5.41, 5.74) is 1.27. The van der Waals surface area contributed by atoms with Crippen molar-refractivity contribution in [2.75, 3.05) is 0 Å². The number of halogens is 2. The molecule has 1 heterocycles. The first-order valence-corrected chi connectivity index (χ1v) is 6.04. The number of nitrogens with one attached hydrogen (secondary N) is 1. The molecule has 0 unspecified atom stereocenters. The summed E-state index contributed by atoms with van der Waals surface area (Å²) in [6.07, 6.45) is 1.67. The first kappa shape index (κ1) is 12.9. The molecule has 1 aromatic carbocycles. The molecule has 0 aliphatic heterocycles. The number of aryl methyl sites for hydroxylation is 1. The number of carbonyl (C=O) groups is 1. The quantitative estimate of drug-likeness (QED) is 0.941. The molecule has 0 saturated carbocycles. The van der Waals surface area contributed by atoms with E-state index >= 15 is 0 Å². The van der Waals surface area contributed by atoms with E-state index in [2.05, 4.69) is 10.4 Å². The van der Waals surface area contributed by atoms with Gasteiger partial charge >= 0.3 is 0 Å². The van der Waals surface area contributed by atoms with Crippen LogP contribution in [0.3, 0.4) is 0 Å². The smallest absolute Gasteiger partial charge is 0.253 e. The van der Waals surface area contributed by atoms with Crippen molar-refractivity contribution in [3.63, 3.8) is 0 Å². The zero-order valence-corrected chi connectivity index (χ0v) is 11.2. The van der Waals surface area contributed by atoms with E-state index in [0.717, 1.165) is 5.69 Å². The third kappa shape index (κ3) is 2.66. The SMILES string of the molecule is Cn1nccc1CNC(=O)c1cccc(Cl)c1Cl. The molecule has 1 aromatic heterocycles. The second kappa shape index (κ2) is 5.42. The normalized spacial score (nSPS) is 10.4. The monoisotopic (exact) mass is 283 g/mol.